The van der Waals surface area contributed by atoms with Gasteiger partial charge in [-0.05, 0) is 40.7 Å². The van der Waals surface area contributed by atoms with Crippen LogP contribution in [0.15, 0.2) is 77.2 Å². The molecule has 0 fully saturated rings. The van der Waals surface area contributed by atoms with Crippen LogP contribution >= 0.6 is 0 Å². The number of aromatic nitrogens is 2. The maximum atomic E-state index is 5.97. The molecular formula is C24H24N2O. The highest BCUT2D eigenvalue weighted by molar-refractivity contribution is 5.75. The van der Waals surface area contributed by atoms with Crippen molar-refractivity contribution in [3.8, 4) is 11.5 Å². The predicted molar refractivity (Wildman–Crippen MR) is 109 cm³/mol. The number of hydrogen-bond donors (Lipinski definition) is 0. The van der Waals surface area contributed by atoms with Crippen LogP contribution in [0.5, 0.6) is 0 Å². The summed E-state index contributed by atoms with van der Waals surface area (Å²) < 4.78 is 5.97. The van der Waals surface area contributed by atoms with Gasteiger partial charge < -0.3 is 4.42 Å². The second kappa shape index (κ2) is 6.99. The second-order valence-corrected chi connectivity index (χ2v) is 8.00. The zero-order valence-electron chi connectivity index (χ0n) is 16.0. The average Bonchev–Trinajstić information content (AvgIpc) is 3.18. The molecule has 0 N–H and O–H groups in total. The summed E-state index contributed by atoms with van der Waals surface area (Å²) in [5, 5.41) is 8.55. The van der Waals surface area contributed by atoms with Crippen molar-refractivity contribution in [1.29, 1.82) is 0 Å². The minimum atomic E-state index is 0.132. The van der Waals surface area contributed by atoms with Crippen LogP contribution in [0.3, 0.4) is 0 Å². The third-order valence-electron chi connectivity index (χ3n) is 4.96. The fourth-order valence-corrected chi connectivity index (χ4v) is 3.26. The van der Waals surface area contributed by atoms with Crippen LogP contribution in [-0.4, -0.2) is 10.2 Å². The number of benzene rings is 2. The summed E-state index contributed by atoms with van der Waals surface area (Å²) in [6.45, 7) is 6.62. The minimum absolute atomic E-state index is 0.132. The molecule has 0 saturated carbocycles. The Balaban J connectivity index is 1.49. The number of nitrogens with zero attached hydrogens (tertiary/aromatic N) is 2. The van der Waals surface area contributed by atoms with Crippen LogP contribution in [-0.2, 0) is 5.41 Å². The molecule has 3 nitrogen and oxygen atoms in total. The highest BCUT2D eigenvalue weighted by Gasteiger charge is 2.19. The summed E-state index contributed by atoms with van der Waals surface area (Å²) in [6.07, 6.45) is 7.40. The molecule has 1 heterocycles. The molecule has 3 aromatic rings. The first-order valence-corrected chi connectivity index (χ1v) is 9.39. The van der Waals surface area contributed by atoms with Crippen molar-refractivity contribution in [3.63, 3.8) is 0 Å². The van der Waals surface area contributed by atoms with Crippen molar-refractivity contribution in [2.24, 2.45) is 0 Å². The predicted octanol–water partition coefficient (Wildman–Crippen LogP) is 6.16. The van der Waals surface area contributed by atoms with Crippen molar-refractivity contribution in [2.75, 3.05) is 0 Å². The summed E-state index contributed by atoms with van der Waals surface area (Å²) >= 11 is 0. The standard InChI is InChI=1S/C24H24N2O/c1-24(2,3)21-15-13-20(14-16-21)23-26-25-22(27-23)19-11-9-18(10-12-19)17-7-5-4-6-8-17/h4-11,13-16,19H,12H2,1-3H3. The van der Waals surface area contributed by atoms with Gasteiger partial charge in [-0.3, -0.25) is 0 Å². The van der Waals surface area contributed by atoms with Crippen LogP contribution in [0.1, 0.15) is 50.1 Å². The minimum Gasteiger partial charge on any atom is -0.420 e. The first kappa shape index (κ1) is 17.5. The van der Waals surface area contributed by atoms with Crippen molar-refractivity contribution in [2.45, 2.75) is 38.5 Å². The van der Waals surface area contributed by atoms with E-state index in [1.54, 1.807) is 0 Å². The van der Waals surface area contributed by atoms with Gasteiger partial charge in [0.1, 0.15) is 0 Å². The van der Waals surface area contributed by atoms with E-state index >= 15 is 0 Å². The van der Waals surface area contributed by atoms with Gasteiger partial charge in [0, 0.05) is 5.56 Å². The number of rotatable bonds is 3. The lowest BCUT2D eigenvalue weighted by Crippen LogP contribution is -2.10. The molecule has 27 heavy (non-hydrogen) atoms. The monoisotopic (exact) mass is 356 g/mol. The van der Waals surface area contributed by atoms with E-state index in [2.05, 4.69) is 97.7 Å². The van der Waals surface area contributed by atoms with Crippen LogP contribution < -0.4 is 0 Å². The lowest BCUT2D eigenvalue weighted by atomic mass is 9.87. The van der Waals surface area contributed by atoms with E-state index in [4.69, 9.17) is 4.42 Å². The molecule has 1 aromatic heterocycles. The summed E-state index contributed by atoms with van der Waals surface area (Å²) in [4.78, 5) is 0. The molecular weight excluding hydrogens is 332 g/mol. The molecule has 4 rings (SSSR count). The van der Waals surface area contributed by atoms with E-state index in [0.29, 0.717) is 11.8 Å². The van der Waals surface area contributed by atoms with Gasteiger partial charge in [0.2, 0.25) is 11.8 Å². The van der Waals surface area contributed by atoms with E-state index in [9.17, 15) is 0 Å². The Hall–Kier alpha value is -2.94. The van der Waals surface area contributed by atoms with Gasteiger partial charge in [-0.1, -0.05) is 81.5 Å². The van der Waals surface area contributed by atoms with Crippen molar-refractivity contribution < 1.29 is 4.42 Å². The number of allylic oxidation sites excluding steroid dienone is 4. The zero-order valence-corrected chi connectivity index (χ0v) is 16.0. The first-order chi connectivity index (χ1) is 13.0. The van der Waals surface area contributed by atoms with Crippen molar-refractivity contribution in [3.05, 3.63) is 89.8 Å². The molecule has 1 aliphatic rings. The van der Waals surface area contributed by atoms with Gasteiger partial charge in [0.15, 0.2) is 0 Å². The van der Waals surface area contributed by atoms with Gasteiger partial charge in [-0.25, -0.2) is 0 Å². The zero-order chi connectivity index (χ0) is 18.9. The first-order valence-electron chi connectivity index (χ1n) is 9.39. The molecule has 0 bridgehead atoms. The highest BCUT2D eigenvalue weighted by Crippen LogP contribution is 2.32. The van der Waals surface area contributed by atoms with Crippen LogP contribution in [0, 0.1) is 0 Å². The van der Waals surface area contributed by atoms with Gasteiger partial charge in [-0.15, -0.1) is 10.2 Å². The summed E-state index contributed by atoms with van der Waals surface area (Å²) in [5.74, 6) is 1.38. The Labute approximate surface area is 160 Å². The summed E-state index contributed by atoms with van der Waals surface area (Å²) in [7, 11) is 0. The van der Waals surface area contributed by atoms with Crippen LogP contribution in [0.25, 0.3) is 17.0 Å². The molecule has 136 valence electrons. The fourth-order valence-electron chi connectivity index (χ4n) is 3.26. The van der Waals surface area contributed by atoms with E-state index < -0.39 is 0 Å². The molecule has 1 unspecified atom stereocenters. The van der Waals surface area contributed by atoms with Gasteiger partial charge >= 0.3 is 0 Å². The van der Waals surface area contributed by atoms with Gasteiger partial charge in [0.05, 0.1) is 5.92 Å². The van der Waals surface area contributed by atoms with Crippen LogP contribution in [0.2, 0.25) is 0 Å². The smallest absolute Gasteiger partial charge is 0.247 e. The fraction of sp³-hybridized carbons (Fsp3) is 0.250. The quantitative estimate of drug-likeness (QED) is 0.564. The molecule has 0 spiro atoms. The second-order valence-electron chi connectivity index (χ2n) is 8.00. The summed E-state index contributed by atoms with van der Waals surface area (Å²) in [6, 6.07) is 18.8. The Kier molecular flexibility index (Phi) is 4.53. The molecule has 0 aliphatic heterocycles. The maximum absolute atomic E-state index is 5.97. The molecule has 1 atom stereocenters. The van der Waals surface area contributed by atoms with Gasteiger partial charge in [0.25, 0.3) is 0 Å². The Bertz CT molecular complexity index is 973. The average molecular weight is 356 g/mol. The Morgan fingerprint density at radius 3 is 2.26 bits per heavy atom. The topological polar surface area (TPSA) is 38.9 Å². The molecule has 2 aromatic carbocycles. The van der Waals surface area contributed by atoms with E-state index in [-0.39, 0.29) is 11.3 Å². The Morgan fingerprint density at radius 2 is 1.63 bits per heavy atom. The Morgan fingerprint density at radius 1 is 0.889 bits per heavy atom. The van der Waals surface area contributed by atoms with E-state index in [1.807, 2.05) is 6.07 Å². The molecule has 0 radical (unpaired) electrons. The normalized spacial score (nSPS) is 17.0. The molecule has 0 amide bonds. The third kappa shape index (κ3) is 3.77. The van der Waals surface area contributed by atoms with E-state index in [0.717, 1.165) is 12.0 Å². The van der Waals surface area contributed by atoms with E-state index in [1.165, 1.54) is 16.7 Å². The maximum Gasteiger partial charge on any atom is 0.247 e. The SMILES string of the molecule is CC(C)(C)c1ccc(-c2nnc(C3C=CC(c4ccccc4)=CC3)o2)cc1. The van der Waals surface area contributed by atoms with Gasteiger partial charge in [-0.2, -0.15) is 0 Å². The van der Waals surface area contributed by atoms with Crippen molar-refractivity contribution in [1.82, 2.24) is 10.2 Å². The lowest BCUT2D eigenvalue weighted by molar-refractivity contribution is 0.484. The van der Waals surface area contributed by atoms with Crippen LogP contribution in [0.4, 0.5) is 0 Å². The lowest BCUT2D eigenvalue weighted by Gasteiger charge is -2.18. The highest BCUT2D eigenvalue weighted by atomic mass is 16.4. The summed E-state index contributed by atoms with van der Waals surface area (Å²) in [5.41, 5.74) is 4.86. The number of hydrogen-bond acceptors (Lipinski definition) is 3. The molecule has 1 aliphatic carbocycles. The van der Waals surface area contributed by atoms with Crippen molar-refractivity contribution >= 4 is 5.57 Å². The third-order valence-corrected chi connectivity index (χ3v) is 4.96. The molecule has 0 saturated heterocycles. The largest absolute Gasteiger partial charge is 0.420 e. The molecule has 3 heteroatoms.